The molecule has 0 radical (unpaired) electrons. The quantitative estimate of drug-likeness (QED) is 0.701. The average Bonchev–Trinajstić information content (AvgIpc) is 3.09. The van der Waals surface area contributed by atoms with Crippen molar-refractivity contribution >= 4 is 28.3 Å². The van der Waals surface area contributed by atoms with Crippen molar-refractivity contribution in [3.63, 3.8) is 0 Å². The summed E-state index contributed by atoms with van der Waals surface area (Å²) in [6.45, 7) is -0.138. The Kier molecular flexibility index (Phi) is 5.70. The lowest BCUT2D eigenvalue weighted by atomic mass is 10.1. The molecule has 0 saturated carbocycles. The molecular formula is C19H16FN3O2S. The molecule has 2 aromatic carbocycles. The van der Waals surface area contributed by atoms with E-state index < -0.39 is 0 Å². The van der Waals surface area contributed by atoms with Gasteiger partial charge < -0.3 is 10.6 Å². The van der Waals surface area contributed by atoms with Crippen LogP contribution in [0.3, 0.4) is 0 Å². The van der Waals surface area contributed by atoms with Crippen molar-refractivity contribution in [1.82, 2.24) is 10.3 Å². The van der Waals surface area contributed by atoms with Crippen molar-refractivity contribution < 1.29 is 14.0 Å². The van der Waals surface area contributed by atoms with E-state index in [-0.39, 0.29) is 30.6 Å². The molecule has 0 aliphatic carbocycles. The molecule has 0 bridgehead atoms. The highest BCUT2D eigenvalue weighted by molar-refractivity contribution is 7.14. The van der Waals surface area contributed by atoms with Crippen molar-refractivity contribution in [1.29, 1.82) is 0 Å². The highest BCUT2D eigenvalue weighted by atomic mass is 32.1. The monoisotopic (exact) mass is 369 g/mol. The van der Waals surface area contributed by atoms with Crippen molar-refractivity contribution in [2.45, 2.75) is 6.42 Å². The first-order valence-corrected chi connectivity index (χ1v) is 8.80. The fourth-order valence-corrected chi connectivity index (χ4v) is 3.03. The predicted octanol–water partition coefficient (Wildman–Crippen LogP) is 3.25. The van der Waals surface area contributed by atoms with Crippen LogP contribution in [-0.2, 0) is 16.0 Å². The van der Waals surface area contributed by atoms with E-state index in [9.17, 15) is 14.0 Å². The fourth-order valence-electron chi connectivity index (χ4n) is 2.30. The number of hydrogen-bond acceptors (Lipinski definition) is 4. The van der Waals surface area contributed by atoms with Gasteiger partial charge >= 0.3 is 0 Å². The van der Waals surface area contributed by atoms with Gasteiger partial charge in [-0.25, -0.2) is 9.37 Å². The number of rotatable bonds is 6. The van der Waals surface area contributed by atoms with E-state index in [1.54, 1.807) is 17.5 Å². The summed E-state index contributed by atoms with van der Waals surface area (Å²) in [5.74, 6) is -0.945. The van der Waals surface area contributed by atoms with E-state index in [0.717, 1.165) is 5.56 Å². The standard InChI is InChI=1S/C19H16FN3O2S/c20-15-8-4-7-14(10-15)16-12-26-19(22-16)23-18(25)11-21-17(24)9-13-5-2-1-3-6-13/h1-8,10,12H,9,11H2,(H,21,24)(H,22,23,25). The van der Waals surface area contributed by atoms with Crippen LogP contribution in [0.1, 0.15) is 5.56 Å². The molecule has 0 aliphatic rings. The molecule has 0 atom stereocenters. The Morgan fingerprint density at radius 1 is 1.04 bits per heavy atom. The summed E-state index contributed by atoms with van der Waals surface area (Å²) >= 11 is 1.24. The first-order chi connectivity index (χ1) is 12.6. The van der Waals surface area contributed by atoms with Gasteiger partial charge in [0, 0.05) is 10.9 Å². The van der Waals surface area contributed by atoms with Crippen LogP contribution in [0.25, 0.3) is 11.3 Å². The molecular weight excluding hydrogens is 353 g/mol. The van der Waals surface area contributed by atoms with Crippen LogP contribution in [-0.4, -0.2) is 23.3 Å². The first kappa shape index (κ1) is 17.8. The zero-order valence-electron chi connectivity index (χ0n) is 13.7. The predicted molar refractivity (Wildman–Crippen MR) is 99.3 cm³/mol. The molecule has 3 aromatic rings. The van der Waals surface area contributed by atoms with Crippen molar-refractivity contribution in [2.24, 2.45) is 0 Å². The van der Waals surface area contributed by atoms with Gasteiger partial charge in [-0.2, -0.15) is 0 Å². The van der Waals surface area contributed by atoms with Gasteiger partial charge in [0.05, 0.1) is 18.7 Å². The molecule has 0 aliphatic heterocycles. The Bertz CT molecular complexity index is 912. The van der Waals surface area contributed by atoms with Gasteiger partial charge in [-0.3, -0.25) is 9.59 Å². The van der Waals surface area contributed by atoms with Crippen LogP contribution < -0.4 is 10.6 Å². The van der Waals surface area contributed by atoms with Gasteiger partial charge in [0.15, 0.2) is 5.13 Å². The fraction of sp³-hybridized carbons (Fsp3) is 0.105. The first-order valence-electron chi connectivity index (χ1n) is 7.92. The van der Waals surface area contributed by atoms with Crippen LogP contribution in [0.5, 0.6) is 0 Å². The summed E-state index contributed by atoms with van der Waals surface area (Å²) in [4.78, 5) is 28.1. The van der Waals surface area contributed by atoms with Crippen LogP contribution in [0, 0.1) is 5.82 Å². The number of carbonyl (C=O) groups is 2. The minimum atomic E-state index is -0.369. The van der Waals surface area contributed by atoms with Gasteiger partial charge in [0.2, 0.25) is 11.8 Å². The SMILES string of the molecule is O=C(Cc1ccccc1)NCC(=O)Nc1nc(-c2cccc(F)c2)cs1. The maximum atomic E-state index is 13.3. The second-order valence-corrected chi connectivity index (χ2v) is 6.39. The molecule has 1 aromatic heterocycles. The number of nitrogens with one attached hydrogen (secondary N) is 2. The molecule has 0 unspecified atom stereocenters. The maximum absolute atomic E-state index is 13.3. The molecule has 132 valence electrons. The van der Waals surface area contributed by atoms with Gasteiger partial charge in [-0.15, -0.1) is 11.3 Å². The summed E-state index contributed by atoms with van der Waals surface area (Å²) in [6, 6.07) is 15.4. The third-order valence-electron chi connectivity index (χ3n) is 3.52. The summed E-state index contributed by atoms with van der Waals surface area (Å²) in [7, 11) is 0. The van der Waals surface area contributed by atoms with Crippen LogP contribution in [0.4, 0.5) is 9.52 Å². The summed E-state index contributed by atoms with van der Waals surface area (Å²) < 4.78 is 13.3. The average molecular weight is 369 g/mol. The lowest BCUT2D eigenvalue weighted by molar-refractivity contribution is -0.123. The second-order valence-electron chi connectivity index (χ2n) is 5.54. The molecule has 0 spiro atoms. The number of hydrogen-bond donors (Lipinski definition) is 2. The van der Waals surface area contributed by atoms with Crippen molar-refractivity contribution in [2.75, 3.05) is 11.9 Å². The van der Waals surface area contributed by atoms with Crippen LogP contribution >= 0.6 is 11.3 Å². The Hall–Kier alpha value is -3.06. The number of nitrogens with zero attached hydrogens (tertiary/aromatic N) is 1. The van der Waals surface area contributed by atoms with E-state index >= 15 is 0 Å². The number of carbonyl (C=O) groups excluding carboxylic acids is 2. The number of benzene rings is 2. The molecule has 7 heteroatoms. The molecule has 26 heavy (non-hydrogen) atoms. The molecule has 1 heterocycles. The lowest BCUT2D eigenvalue weighted by Crippen LogP contribution is -2.33. The highest BCUT2D eigenvalue weighted by Crippen LogP contribution is 2.25. The minimum Gasteiger partial charge on any atom is -0.347 e. The summed E-state index contributed by atoms with van der Waals surface area (Å²) in [5.41, 5.74) is 2.10. The molecule has 0 fully saturated rings. The van der Waals surface area contributed by atoms with Crippen molar-refractivity contribution in [3.05, 3.63) is 71.4 Å². The maximum Gasteiger partial charge on any atom is 0.245 e. The molecule has 2 amide bonds. The van der Waals surface area contributed by atoms with E-state index in [0.29, 0.717) is 16.4 Å². The van der Waals surface area contributed by atoms with Gasteiger partial charge in [0.1, 0.15) is 5.82 Å². The Balaban J connectivity index is 1.50. The topological polar surface area (TPSA) is 71.1 Å². The molecule has 2 N–H and O–H groups in total. The van der Waals surface area contributed by atoms with E-state index in [1.807, 2.05) is 30.3 Å². The van der Waals surface area contributed by atoms with Gasteiger partial charge in [-0.05, 0) is 17.7 Å². The van der Waals surface area contributed by atoms with Gasteiger partial charge in [0.25, 0.3) is 0 Å². The molecule has 5 nitrogen and oxygen atoms in total. The largest absolute Gasteiger partial charge is 0.347 e. The van der Waals surface area contributed by atoms with Crippen LogP contribution in [0.2, 0.25) is 0 Å². The van der Waals surface area contributed by atoms with E-state index in [2.05, 4.69) is 15.6 Å². The normalized spacial score (nSPS) is 10.3. The third kappa shape index (κ3) is 4.97. The number of amides is 2. The Labute approximate surface area is 153 Å². The zero-order valence-corrected chi connectivity index (χ0v) is 14.6. The lowest BCUT2D eigenvalue weighted by Gasteiger charge is -2.05. The smallest absolute Gasteiger partial charge is 0.245 e. The highest BCUT2D eigenvalue weighted by Gasteiger charge is 2.10. The third-order valence-corrected chi connectivity index (χ3v) is 4.28. The van der Waals surface area contributed by atoms with E-state index in [1.165, 1.54) is 23.5 Å². The minimum absolute atomic E-state index is 0.138. The molecule has 0 saturated heterocycles. The number of aromatic nitrogens is 1. The zero-order chi connectivity index (χ0) is 18.4. The summed E-state index contributed by atoms with van der Waals surface area (Å²) in [6.07, 6.45) is 0.217. The molecule has 3 rings (SSSR count). The second kappa shape index (κ2) is 8.35. The van der Waals surface area contributed by atoms with Gasteiger partial charge in [-0.1, -0.05) is 42.5 Å². The Morgan fingerprint density at radius 2 is 1.85 bits per heavy atom. The number of thiazole rings is 1. The van der Waals surface area contributed by atoms with Crippen molar-refractivity contribution in [3.8, 4) is 11.3 Å². The van der Waals surface area contributed by atoms with E-state index in [4.69, 9.17) is 0 Å². The van der Waals surface area contributed by atoms with Crippen LogP contribution in [0.15, 0.2) is 60.0 Å². The number of anilines is 1. The number of halogens is 1. The Morgan fingerprint density at radius 3 is 2.62 bits per heavy atom. The summed E-state index contributed by atoms with van der Waals surface area (Å²) in [5, 5.41) is 7.33.